The Kier molecular flexibility index (Phi) is 2.56. The summed E-state index contributed by atoms with van der Waals surface area (Å²) in [6, 6.07) is 3.68. The fourth-order valence-electron chi connectivity index (χ4n) is 5.69. The third-order valence-electron chi connectivity index (χ3n) is 6.15. The van der Waals surface area contributed by atoms with E-state index in [0.29, 0.717) is 17.5 Å². The molecule has 108 valence electrons. The molecule has 0 aromatic carbocycles. The fraction of sp³-hybridized carbons (Fsp3) is 0.688. The van der Waals surface area contributed by atoms with E-state index in [4.69, 9.17) is 5.73 Å². The lowest BCUT2D eigenvalue weighted by Crippen LogP contribution is -2.61. The topological polar surface area (TPSA) is 79.1 Å². The van der Waals surface area contributed by atoms with Gasteiger partial charge in [0.05, 0.1) is 0 Å². The van der Waals surface area contributed by atoms with Crippen molar-refractivity contribution in [1.29, 1.82) is 0 Å². The van der Waals surface area contributed by atoms with Gasteiger partial charge in [-0.25, -0.2) is 4.79 Å². The van der Waals surface area contributed by atoms with Crippen LogP contribution in [-0.2, 0) is 10.3 Å². The second kappa shape index (κ2) is 4.10. The molecule has 1 heterocycles. The number of H-pyrrole nitrogens is 1. The highest BCUT2D eigenvalue weighted by molar-refractivity contribution is 5.80. The number of nitrogens with two attached hydrogens (primary N) is 1. The summed E-state index contributed by atoms with van der Waals surface area (Å²) in [6.07, 6.45) is 7.88. The first-order chi connectivity index (χ1) is 9.59. The number of nitrogens with one attached hydrogen (secondary N) is 1. The van der Waals surface area contributed by atoms with Crippen molar-refractivity contribution >= 4 is 5.97 Å². The molecule has 0 spiro atoms. The van der Waals surface area contributed by atoms with Crippen molar-refractivity contribution < 1.29 is 9.90 Å². The zero-order chi connectivity index (χ0) is 13.9. The van der Waals surface area contributed by atoms with E-state index >= 15 is 0 Å². The average Bonchev–Trinajstić information content (AvgIpc) is 2.90. The zero-order valence-corrected chi connectivity index (χ0v) is 11.6. The predicted molar refractivity (Wildman–Crippen MR) is 74.8 cm³/mol. The van der Waals surface area contributed by atoms with Gasteiger partial charge in [0.1, 0.15) is 0 Å². The molecule has 1 atom stereocenters. The Morgan fingerprint density at radius 3 is 2.25 bits per heavy atom. The average molecular weight is 274 g/mol. The van der Waals surface area contributed by atoms with Gasteiger partial charge in [0, 0.05) is 11.9 Å². The fourth-order valence-corrected chi connectivity index (χ4v) is 5.69. The third kappa shape index (κ3) is 1.54. The minimum Gasteiger partial charge on any atom is -0.480 e. The van der Waals surface area contributed by atoms with Crippen LogP contribution in [0.1, 0.15) is 37.8 Å². The predicted octanol–water partition coefficient (Wildman–Crippen LogP) is 2.33. The normalized spacial score (nSPS) is 41.5. The monoisotopic (exact) mass is 274 g/mol. The Morgan fingerprint density at radius 2 is 1.80 bits per heavy atom. The molecule has 20 heavy (non-hydrogen) atoms. The van der Waals surface area contributed by atoms with E-state index in [2.05, 4.69) is 4.98 Å². The zero-order valence-electron chi connectivity index (χ0n) is 11.6. The smallest absolute Gasteiger partial charge is 0.330 e. The van der Waals surface area contributed by atoms with Crippen molar-refractivity contribution in [2.24, 2.45) is 35.3 Å². The Bertz CT molecular complexity index is 497. The van der Waals surface area contributed by atoms with Crippen molar-refractivity contribution in [3.8, 4) is 0 Å². The highest BCUT2D eigenvalue weighted by Gasteiger charge is 2.58. The van der Waals surface area contributed by atoms with Crippen LogP contribution in [0.25, 0.3) is 0 Å². The molecule has 0 radical (unpaired) electrons. The second-order valence-corrected chi connectivity index (χ2v) is 7.21. The molecule has 4 bridgehead atoms. The van der Waals surface area contributed by atoms with E-state index in [-0.39, 0.29) is 5.92 Å². The maximum Gasteiger partial charge on any atom is 0.330 e. The quantitative estimate of drug-likeness (QED) is 0.791. The maximum atomic E-state index is 12.0. The molecule has 4 fully saturated rings. The van der Waals surface area contributed by atoms with E-state index < -0.39 is 11.5 Å². The van der Waals surface area contributed by atoms with Gasteiger partial charge in [-0.2, -0.15) is 0 Å². The van der Waals surface area contributed by atoms with E-state index in [9.17, 15) is 9.90 Å². The molecule has 1 unspecified atom stereocenters. The first-order valence-corrected chi connectivity index (χ1v) is 7.75. The van der Waals surface area contributed by atoms with Gasteiger partial charge < -0.3 is 15.8 Å². The number of carboxylic acids is 1. The molecule has 1 aromatic heterocycles. The van der Waals surface area contributed by atoms with Crippen LogP contribution in [0, 0.1) is 29.6 Å². The molecule has 4 N–H and O–H groups in total. The molecule has 0 aliphatic heterocycles. The number of aliphatic carboxylic acids is 1. The van der Waals surface area contributed by atoms with E-state index in [1.165, 1.54) is 32.1 Å². The van der Waals surface area contributed by atoms with Crippen LogP contribution < -0.4 is 5.73 Å². The maximum absolute atomic E-state index is 12.0. The molecular weight excluding hydrogens is 252 g/mol. The van der Waals surface area contributed by atoms with Crippen LogP contribution in [0.4, 0.5) is 0 Å². The van der Waals surface area contributed by atoms with Crippen molar-refractivity contribution in [2.45, 2.75) is 37.6 Å². The Morgan fingerprint density at radius 1 is 1.20 bits per heavy atom. The molecule has 4 heteroatoms. The van der Waals surface area contributed by atoms with Gasteiger partial charge >= 0.3 is 5.97 Å². The Hall–Kier alpha value is -1.29. The minimum absolute atomic E-state index is 0.0893. The second-order valence-electron chi connectivity index (χ2n) is 7.21. The largest absolute Gasteiger partial charge is 0.480 e. The van der Waals surface area contributed by atoms with Crippen LogP contribution in [-0.4, -0.2) is 16.1 Å². The molecule has 0 amide bonds. The molecule has 1 aromatic rings. The number of hydrogen-bond acceptors (Lipinski definition) is 2. The molecule has 4 nitrogen and oxygen atoms in total. The number of carbonyl (C=O) groups is 1. The van der Waals surface area contributed by atoms with E-state index in [1.54, 1.807) is 6.20 Å². The number of aromatic nitrogens is 1. The summed E-state index contributed by atoms with van der Waals surface area (Å²) >= 11 is 0. The summed E-state index contributed by atoms with van der Waals surface area (Å²) in [7, 11) is 0. The van der Waals surface area contributed by atoms with E-state index in [0.717, 1.165) is 11.8 Å². The van der Waals surface area contributed by atoms with Crippen LogP contribution in [0.2, 0.25) is 0 Å². The lowest BCUT2D eigenvalue weighted by atomic mass is 9.48. The molecule has 4 aliphatic carbocycles. The molecule has 0 saturated heterocycles. The summed E-state index contributed by atoms with van der Waals surface area (Å²) in [4.78, 5) is 15.1. The SMILES string of the molecule is NC(C(=O)O)(c1ccc[nH]1)C1C2CC3CC(C2)CC1C3. The Labute approximate surface area is 118 Å². The molecule has 4 aliphatic rings. The van der Waals surface area contributed by atoms with Gasteiger partial charge in [0.15, 0.2) is 5.54 Å². The number of hydrogen-bond donors (Lipinski definition) is 3. The van der Waals surface area contributed by atoms with E-state index in [1.807, 2.05) is 12.1 Å². The van der Waals surface area contributed by atoms with Crippen molar-refractivity contribution in [1.82, 2.24) is 4.98 Å². The highest BCUT2D eigenvalue weighted by Crippen LogP contribution is 2.60. The van der Waals surface area contributed by atoms with Crippen molar-refractivity contribution in [3.05, 3.63) is 24.0 Å². The van der Waals surface area contributed by atoms with Crippen molar-refractivity contribution in [2.75, 3.05) is 0 Å². The van der Waals surface area contributed by atoms with Gasteiger partial charge in [0.25, 0.3) is 0 Å². The van der Waals surface area contributed by atoms with Crippen molar-refractivity contribution in [3.63, 3.8) is 0 Å². The number of carboxylic acid groups (broad SMARTS) is 1. The third-order valence-corrected chi connectivity index (χ3v) is 6.15. The van der Waals surface area contributed by atoms with Gasteiger partial charge in [0.2, 0.25) is 0 Å². The van der Waals surface area contributed by atoms with Crippen LogP contribution in [0.5, 0.6) is 0 Å². The summed E-state index contributed by atoms with van der Waals surface area (Å²) in [5.41, 5.74) is 5.93. The summed E-state index contributed by atoms with van der Waals surface area (Å²) in [6.45, 7) is 0. The summed E-state index contributed by atoms with van der Waals surface area (Å²) in [5.74, 6) is 1.86. The minimum atomic E-state index is -1.24. The number of aromatic amines is 1. The van der Waals surface area contributed by atoms with Crippen LogP contribution >= 0.6 is 0 Å². The first kappa shape index (κ1) is 12.5. The van der Waals surface area contributed by atoms with Gasteiger partial charge in [-0.15, -0.1) is 0 Å². The standard InChI is InChI=1S/C16H22N2O2/c17-16(15(19)20,13-2-1-3-18-13)14-11-5-9-4-10(7-11)8-12(14)6-9/h1-3,9-12,14,18H,4-8,17H2,(H,19,20). The summed E-state index contributed by atoms with van der Waals surface area (Å²) < 4.78 is 0. The lowest BCUT2D eigenvalue weighted by Gasteiger charge is -2.57. The summed E-state index contributed by atoms with van der Waals surface area (Å²) in [5, 5.41) is 9.84. The highest BCUT2D eigenvalue weighted by atomic mass is 16.4. The van der Waals surface area contributed by atoms with Gasteiger partial charge in [-0.05, 0) is 73.8 Å². The van der Waals surface area contributed by atoms with Crippen LogP contribution in [0.3, 0.4) is 0 Å². The number of rotatable bonds is 3. The molecular formula is C16H22N2O2. The van der Waals surface area contributed by atoms with Crippen LogP contribution in [0.15, 0.2) is 18.3 Å². The van der Waals surface area contributed by atoms with Gasteiger partial charge in [-0.3, -0.25) is 0 Å². The Balaban J connectivity index is 1.76. The first-order valence-electron chi connectivity index (χ1n) is 7.75. The molecule has 4 saturated carbocycles. The van der Waals surface area contributed by atoms with Gasteiger partial charge in [-0.1, -0.05) is 0 Å². The molecule has 5 rings (SSSR count). The lowest BCUT2D eigenvalue weighted by molar-refractivity contribution is -0.155.